The average molecular weight is 353 g/mol. The Morgan fingerprint density at radius 3 is 2.28 bits per heavy atom. The lowest BCUT2D eigenvalue weighted by Crippen LogP contribution is -2.31. The second kappa shape index (κ2) is 7.28. The van der Waals surface area contributed by atoms with Crippen molar-refractivity contribution in [3.63, 3.8) is 0 Å². The molecule has 3 nitrogen and oxygen atoms in total. The van der Waals surface area contributed by atoms with E-state index in [4.69, 9.17) is 9.73 Å². The van der Waals surface area contributed by atoms with Gasteiger partial charge in [0.1, 0.15) is 5.75 Å². The Balaban J connectivity index is 2.09. The van der Waals surface area contributed by atoms with Gasteiger partial charge in [-0.25, -0.2) is 4.99 Å². The summed E-state index contributed by atoms with van der Waals surface area (Å²) >= 11 is 1.67. The molecule has 0 N–H and O–H groups in total. The second-order valence-corrected chi connectivity index (χ2v) is 7.65. The van der Waals surface area contributed by atoms with E-state index in [1.165, 1.54) is 11.3 Å². The van der Waals surface area contributed by atoms with E-state index in [0.717, 1.165) is 16.2 Å². The monoisotopic (exact) mass is 352 g/mol. The van der Waals surface area contributed by atoms with E-state index in [1.807, 2.05) is 37.3 Å². The minimum absolute atomic E-state index is 0.0602. The Kier molecular flexibility index (Phi) is 5.09. The lowest BCUT2D eigenvalue weighted by atomic mass is 10.1. The molecule has 0 saturated heterocycles. The van der Waals surface area contributed by atoms with Gasteiger partial charge in [-0.3, -0.25) is 0 Å². The summed E-state index contributed by atoms with van der Waals surface area (Å²) in [6.07, 6.45) is 0. The molecule has 4 heteroatoms. The van der Waals surface area contributed by atoms with Crippen LogP contribution in [-0.2, 0) is 5.54 Å². The lowest BCUT2D eigenvalue weighted by molar-refractivity contribution is 0.340. The molecule has 0 fully saturated rings. The Morgan fingerprint density at radius 1 is 1.00 bits per heavy atom. The Bertz CT molecular complexity index is 884. The van der Waals surface area contributed by atoms with E-state index >= 15 is 0 Å². The van der Waals surface area contributed by atoms with Crippen LogP contribution in [0.2, 0.25) is 0 Å². The SMILES string of the molecule is CCOc1ccc(N=c2scc(-c3ccccc3)n2C(C)(C)C)cc1. The first-order valence-electron chi connectivity index (χ1n) is 8.53. The van der Waals surface area contributed by atoms with Crippen LogP contribution in [0.5, 0.6) is 5.75 Å². The molecule has 1 heterocycles. The highest BCUT2D eigenvalue weighted by Gasteiger charge is 2.19. The van der Waals surface area contributed by atoms with Gasteiger partial charge in [0, 0.05) is 10.9 Å². The number of nitrogens with zero attached hydrogens (tertiary/aromatic N) is 2. The molecule has 0 spiro atoms. The van der Waals surface area contributed by atoms with Crippen molar-refractivity contribution in [2.24, 2.45) is 4.99 Å². The fourth-order valence-corrected chi connectivity index (χ4v) is 3.84. The van der Waals surface area contributed by atoms with Crippen molar-refractivity contribution in [3.05, 3.63) is 64.8 Å². The molecule has 0 unspecified atom stereocenters. The molecule has 25 heavy (non-hydrogen) atoms. The van der Waals surface area contributed by atoms with Crippen molar-refractivity contribution in [3.8, 4) is 17.0 Å². The van der Waals surface area contributed by atoms with Crippen molar-refractivity contribution in [1.29, 1.82) is 0 Å². The van der Waals surface area contributed by atoms with Crippen LogP contribution in [0.3, 0.4) is 0 Å². The van der Waals surface area contributed by atoms with Crippen LogP contribution in [0.25, 0.3) is 11.3 Å². The van der Waals surface area contributed by atoms with E-state index in [-0.39, 0.29) is 5.54 Å². The summed E-state index contributed by atoms with van der Waals surface area (Å²) in [5.41, 5.74) is 3.28. The van der Waals surface area contributed by atoms with Gasteiger partial charge in [0.15, 0.2) is 4.80 Å². The van der Waals surface area contributed by atoms with Crippen LogP contribution in [0.4, 0.5) is 5.69 Å². The Hall–Kier alpha value is -2.33. The maximum atomic E-state index is 5.51. The third kappa shape index (κ3) is 4.02. The molecular weight excluding hydrogens is 328 g/mol. The maximum absolute atomic E-state index is 5.51. The average Bonchev–Trinajstić information content (AvgIpc) is 3.02. The van der Waals surface area contributed by atoms with Gasteiger partial charge in [-0.15, -0.1) is 11.3 Å². The molecule has 2 aromatic carbocycles. The van der Waals surface area contributed by atoms with Crippen molar-refractivity contribution in [2.75, 3.05) is 6.61 Å². The molecule has 0 saturated carbocycles. The molecule has 0 aliphatic rings. The van der Waals surface area contributed by atoms with E-state index in [2.05, 4.69) is 55.0 Å². The Labute approximate surface area is 153 Å². The lowest BCUT2D eigenvalue weighted by Gasteiger charge is -2.24. The van der Waals surface area contributed by atoms with Gasteiger partial charge in [-0.1, -0.05) is 30.3 Å². The summed E-state index contributed by atoms with van der Waals surface area (Å²) < 4.78 is 7.82. The fraction of sp³-hybridized carbons (Fsp3) is 0.286. The molecule has 0 amide bonds. The van der Waals surface area contributed by atoms with Gasteiger partial charge in [0.2, 0.25) is 0 Å². The molecule has 0 aliphatic carbocycles. The van der Waals surface area contributed by atoms with Gasteiger partial charge >= 0.3 is 0 Å². The third-order valence-corrected chi connectivity index (χ3v) is 4.65. The molecule has 1 aromatic heterocycles. The summed E-state index contributed by atoms with van der Waals surface area (Å²) in [7, 11) is 0. The van der Waals surface area contributed by atoms with Gasteiger partial charge < -0.3 is 9.30 Å². The smallest absolute Gasteiger partial charge is 0.190 e. The van der Waals surface area contributed by atoms with Gasteiger partial charge in [-0.05, 0) is 57.5 Å². The first-order valence-corrected chi connectivity index (χ1v) is 9.41. The summed E-state index contributed by atoms with van der Waals surface area (Å²) in [6, 6.07) is 18.4. The number of rotatable bonds is 4. The van der Waals surface area contributed by atoms with Crippen LogP contribution in [0, 0.1) is 0 Å². The zero-order valence-corrected chi connectivity index (χ0v) is 16.0. The van der Waals surface area contributed by atoms with Crippen molar-refractivity contribution < 1.29 is 4.74 Å². The van der Waals surface area contributed by atoms with E-state index in [1.54, 1.807) is 11.3 Å². The third-order valence-electron chi connectivity index (χ3n) is 3.82. The summed E-state index contributed by atoms with van der Waals surface area (Å²) in [5, 5.41) is 2.19. The predicted octanol–water partition coefficient (Wildman–Crippen LogP) is 5.60. The van der Waals surface area contributed by atoms with Gasteiger partial charge in [-0.2, -0.15) is 0 Å². The molecule has 0 atom stereocenters. The number of hydrogen-bond donors (Lipinski definition) is 0. The first kappa shape index (κ1) is 17.5. The number of aromatic nitrogens is 1. The van der Waals surface area contributed by atoms with Crippen LogP contribution in [-0.4, -0.2) is 11.2 Å². The van der Waals surface area contributed by atoms with Crippen LogP contribution < -0.4 is 9.54 Å². The predicted molar refractivity (Wildman–Crippen MR) is 106 cm³/mol. The van der Waals surface area contributed by atoms with Gasteiger partial charge in [0.25, 0.3) is 0 Å². The minimum atomic E-state index is -0.0602. The molecule has 3 rings (SSSR count). The van der Waals surface area contributed by atoms with Crippen LogP contribution in [0.15, 0.2) is 65.0 Å². The fourth-order valence-electron chi connectivity index (χ4n) is 2.74. The summed E-state index contributed by atoms with van der Waals surface area (Å²) in [6.45, 7) is 9.29. The number of thiazole rings is 1. The van der Waals surface area contributed by atoms with Crippen molar-refractivity contribution in [2.45, 2.75) is 33.2 Å². The van der Waals surface area contributed by atoms with Crippen LogP contribution in [0.1, 0.15) is 27.7 Å². The Morgan fingerprint density at radius 2 is 1.68 bits per heavy atom. The molecule has 0 aliphatic heterocycles. The van der Waals surface area contributed by atoms with Crippen LogP contribution >= 0.6 is 11.3 Å². The molecule has 130 valence electrons. The van der Waals surface area contributed by atoms with E-state index in [9.17, 15) is 0 Å². The topological polar surface area (TPSA) is 26.5 Å². The number of ether oxygens (including phenoxy) is 1. The highest BCUT2D eigenvalue weighted by molar-refractivity contribution is 7.07. The normalized spacial score (nSPS) is 12.4. The molecular formula is C21H24N2OS. The maximum Gasteiger partial charge on any atom is 0.190 e. The number of benzene rings is 2. The zero-order valence-electron chi connectivity index (χ0n) is 15.2. The standard InChI is InChI=1S/C21H24N2OS/c1-5-24-18-13-11-17(12-14-18)22-20-23(21(2,3)4)19(15-25-20)16-9-7-6-8-10-16/h6-15H,5H2,1-4H3. The van der Waals surface area contributed by atoms with E-state index in [0.29, 0.717) is 6.61 Å². The highest BCUT2D eigenvalue weighted by Crippen LogP contribution is 2.26. The molecule has 3 aromatic rings. The van der Waals surface area contributed by atoms with Crippen molar-refractivity contribution in [1.82, 2.24) is 4.57 Å². The van der Waals surface area contributed by atoms with Crippen molar-refractivity contribution >= 4 is 17.0 Å². The highest BCUT2D eigenvalue weighted by atomic mass is 32.1. The zero-order chi connectivity index (χ0) is 17.9. The first-order chi connectivity index (χ1) is 12.0. The largest absolute Gasteiger partial charge is 0.494 e. The minimum Gasteiger partial charge on any atom is -0.494 e. The quantitative estimate of drug-likeness (QED) is 0.600. The van der Waals surface area contributed by atoms with E-state index < -0.39 is 0 Å². The summed E-state index contributed by atoms with van der Waals surface area (Å²) in [4.78, 5) is 5.88. The molecule has 0 bridgehead atoms. The molecule has 0 radical (unpaired) electrons. The number of hydrogen-bond acceptors (Lipinski definition) is 3. The van der Waals surface area contributed by atoms with Gasteiger partial charge in [0.05, 0.1) is 18.0 Å². The second-order valence-electron chi connectivity index (χ2n) is 6.81. The summed E-state index contributed by atoms with van der Waals surface area (Å²) in [5.74, 6) is 0.876.